The number of aryl methyl sites for hydroxylation is 1. The smallest absolute Gasteiger partial charge is 0.229 e. The topological polar surface area (TPSA) is 55.1 Å². The summed E-state index contributed by atoms with van der Waals surface area (Å²) < 4.78 is 13.6. The molecule has 5 heteroatoms. The summed E-state index contributed by atoms with van der Waals surface area (Å²) in [5.41, 5.74) is 7.96. The lowest BCUT2D eigenvalue weighted by atomic mass is 10.1. The molecule has 0 unspecified atom stereocenters. The SMILES string of the molecule is Cc1ccc(NC(=O)Cc2c(F)cccc2Cl)c(N)c1. The van der Waals surface area contributed by atoms with E-state index in [1.807, 2.05) is 13.0 Å². The number of hydrogen-bond acceptors (Lipinski definition) is 2. The van der Waals surface area contributed by atoms with Gasteiger partial charge in [-0.2, -0.15) is 0 Å². The Balaban J connectivity index is 2.13. The molecule has 3 nitrogen and oxygen atoms in total. The highest BCUT2D eigenvalue weighted by Gasteiger charge is 2.12. The number of carbonyl (C=O) groups excluding carboxylic acids is 1. The fraction of sp³-hybridized carbons (Fsp3) is 0.133. The van der Waals surface area contributed by atoms with Gasteiger partial charge >= 0.3 is 0 Å². The minimum Gasteiger partial charge on any atom is -0.397 e. The molecule has 0 heterocycles. The van der Waals surface area contributed by atoms with Crippen LogP contribution in [-0.2, 0) is 11.2 Å². The lowest BCUT2D eigenvalue weighted by molar-refractivity contribution is -0.115. The van der Waals surface area contributed by atoms with Crippen molar-refractivity contribution in [3.05, 3.63) is 58.4 Å². The Hall–Kier alpha value is -2.07. The highest BCUT2D eigenvalue weighted by Crippen LogP contribution is 2.22. The first-order valence-corrected chi connectivity index (χ1v) is 6.44. The Morgan fingerprint density at radius 3 is 2.75 bits per heavy atom. The zero-order chi connectivity index (χ0) is 14.7. The molecule has 0 bridgehead atoms. The first-order valence-electron chi connectivity index (χ1n) is 6.06. The molecule has 0 saturated carbocycles. The number of nitrogens with one attached hydrogen (secondary N) is 1. The molecule has 104 valence electrons. The van der Waals surface area contributed by atoms with Crippen molar-refractivity contribution in [2.45, 2.75) is 13.3 Å². The summed E-state index contributed by atoms with van der Waals surface area (Å²) in [7, 11) is 0. The first kappa shape index (κ1) is 14.3. The largest absolute Gasteiger partial charge is 0.397 e. The summed E-state index contributed by atoms with van der Waals surface area (Å²) in [6, 6.07) is 9.62. The molecule has 0 spiro atoms. The number of amides is 1. The third-order valence-corrected chi connectivity index (χ3v) is 3.23. The summed E-state index contributed by atoms with van der Waals surface area (Å²) in [5.74, 6) is -0.864. The van der Waals surface area contributed by atoms with Gasteiger partial charge < -0.3 is 11.1 Å². The monoisotopic (exact) mass is 292 g/mol. The van der Waals surface area contributed by atoms with Crippen molar-refractivity contribution in [1.29, 1.82) is 0 Å². The van der Waals surface area contributed by atoms with Gasteiger partial charge in [-0.25, -0.2) is 4.39 Å². The molecule has 0 aliphatic carbocycles. The van der Waals surface area contributed by atoms with Gasteiger partial charge in [-0.15, -0.1) is 0 Å². The molecule has 0 aliphatic heterocycles. The number of nitrogen functional groups attached to an aromatic ring is 1. The van der Waals surface area contributed by atoms with Crippen LogP contribution in [0.15, 0.2) is 36.4 Å². The summed E-state index contributed by atoms with van der Waals surface area (Å²) in [5, 5.41) is 2.88. The number of benzene rings is 2. The molecule has 1 amide bonds. The van der Waals surface area contributed by atoms with Crippen LogP contribution < -0.4 is 11.1 Å². The van der Waals surface area contributed by atoms with Gasteiger partial charge in [-0.3, -0.25) is 4.79 Å². The normalized spacial score (nSPS) is 10.3. The van der Waals surface area contributed by atoms with Crippen molar-refractivity contribution < 1.29 is 9.18 Å². The molecule has 0 radical (unpaired) electrons. The zero-order valence-corrected chi connectivity index (χ0v) is 11.7. The van der Waals surface area contributed by atoms with Gasteiger partial charge in [0.05, 0.1) is 17.8 Å². The third-order valence-electron chi connectivity index (χ3n) is 2.88. The average Bonchev–Trinajstić information content (AvgIpc) is 2.37. The van der Waals surface area contributed by atoms with E-state index in [2.05, 4.69) is 5.32 Å². The van der Waals surface area contributed by atoms with Crippen LogP contribution in [0.25, 0.3) is 0 Å². The Morgan fingerprint density at radius 2 is 2.10 bits per heavy atom. The van der Waals surface area contributed by atoms with Crippen LogP contribution in [0.1, 0.15) is 11.1 Å². The molecule has 2 aromatic rings. The quantitative estimate of drug-likeness (QED) is 0.850. The molecule has 2 aromatic carbocycles. The Bertz CT molecular complexity index is 638. The van der Waals surface area contributed by atoms with Crippen LogP contribution in [0.3, 0.4) is 0 Å². The van der Waals surface area contributed by atoms with Crippen molar-refractivity contribution in [3.63, 3.8) is 0 Å². The lowest BCUT2D eigenvalue weighted by Gasteiger charge is -2.10. The minimum atomic E-state index is -0.496. The summed E-state index contributed by atoms with van der Waals surface area (Å²) >= 11 is 5.88. The highest BCUT2D eigenvalue weighted by atomic mass is 35.5. The molecule has 3 N–H and O–H groups in total. The third kappa shape index (κ3) is 3.27. The van der Waals surface area contributed by atoms with Crippen molar-refractivity contribution in [3.8, 4) is 0 Å². The number of anilines is 2. The van der Waals surface area contributed by atoms with E-state index in [-0.39, 0.29) is 22.9 Å². The van der Waals surface area contributed by atoms with E-state index < -0.39 is 5.82 Å². The summed E-state index contributed by atoms with van der Waals surface area (Å²) in [6.07, 6.45) is -0.140. The molecule has 0 fully saturated rings. The van der Waals surface area contributed by atoms with Gasteiger partial charge in [0, 0.05) is 10.6 Å². The fourth-order valence-corrected chi connectivity index (χ4v) is 2.08. The molecular weight excluding hydrogens is 279 g/mol. The zero-order valence-electron chi connectivity index (χ0n) is 10.9. The minimum absolute atomic E-state index is 0.140. The first-order chi connectivity index (χ1) is 9.47. The second kappa shape index (κ2) is 5.92. The molecule has 0 saturated heterocycles. The van der Waals surface area contributed by atoms with E-state index in [0.29, 0.717) is 11.4 Å². The van der Waals surface area contributed by atoms with Crippen LogP contribution in [0.4, 0.5) is 15.8 Å². The van der Waals surface area contributed by atoms with Crippen LogP contribution in [-0.4, -0.2) is 5.91 Å². The second-order valence-corrected chi connectivity index (χ2v) is 4.92. The fourth-order valence-electron chi connectivity index (χ4n) is 1.85. The van der Waals surface area contributed by atoms with Gasteiger partial charge in [0.2, 0.25) is 5.91 Å². The summed E-state index contributed by atoms with van der Waals surface area (Å²) in [4.78, 5) is 11.9. The van der Waals surface area contributed by atoms with E-state index >= 15 is 0 Å². The van der Waals surface area contributed by atoms with E-state index in [9.17, 15) is 9.18 Å². The second-order valence-electron chi connectivity index (χ2n) is 4.52. The average molecular weight is 293 g/mol. The molecule has 0 atom stereocenters. The summed E-state index contributed by atoms with van der Waals surface area (Å²) in [6.45, 7) is 1.90. The van der Waals surface area contributed by atoms with Gasteiger partial charge in [-0.05, 0) is 36.8 Å². The maximum atomic E-state index is 13.6. The molecule has 2 rings (SSSR count). The number of nitrogens with two attached hydrogens (primary N) is 1. The Kier molecular flexibility index (Phi) is 4.25. The number of halogens is 2. The number of carbonyl (C=O) groups is 1. The van der Waals surface area contributed by atoms with Crippen LogP contribution in [0.2, 0.25) is 5.02 Å². The molecule has 0 aliphatic rings. The van der Waals surface area contributed by atoms with Crippen LogP contribution in [0, 0.1) is 12.7 Å². The Morgan fingerprint density at radius 1 is 1.35 bits per heavy atom. The van der Waals surface area contributed by atoms with Crippen molar-refractivity contribution in [2.75, 3.05) is 11.1 Å². The van der Waals surface area contributed by atoms with Gasteiger partial charge in [-0.1, -0.05) is 23.7 Å². The number of hydrogen-bond donors (Lipinski definition) is 2. The Labute approximate surface area is 121 Å². The maximum Gasteiger partial charge on any atom is 0.229 e. The van der Waals surface area contributed by atoms with Crippen molar-refractivity contribution in [1.82, 2.24) is 0 Å². The van der Waals surface area contributed by atoms with Crippen LogP contribution >= 0.6 is 11.6 Å². The van der Waals surface area contributed by atoms with E-state index in [4.69, 9.17) is 17.3 Å². The highest BCUT2D eigenvalue weighted by molar-refractivity contribution is 6.31. The van der Waals surface area contributed by atoms with Gasteiger partial charge in [0.1, 0.15) is 5.82 Å². The number of rotatable bonds is 3. The molecule has 20 heavy (non-hydrogen) atoms. The van der Waals surface area contributed by atoms with Crippen molar-refractivity contribution >= 4 is 28.9 Å². The van der Waals surface area contributed by atoms with Crippen molar-refractivity contribution in [2.24, 2.45) is 0 Å². The van der Waals surface area contributed by atoms with E-state index in [1.54, 1.807) is 18.2 Å². The predicted octanol–water partition coefficient (Wildman–Crippen LogP) is 3.55. The predicted molar refractivity (Wildman–Crippen MR) is 79.3 cm³/mol. The lowest BCUT2D eigenvalue weighted by Crippen LogP contribution is -2.16. The molecule has 0 aromatic heterocycles. The van der Waals surface area contributed by atoms with Gasteiger partial charge in [0.15, 0.2) is 0 Å². The van der Waals surface area contributed by atoms with E-state index in [0.717, 1.165) is 5.56 Å². The standard InChI is InChI=1S/C15H14ClFN2O/c1-9-5-6-14(13(18)7-9)19-15(20)8-10-11(16)3-2-4-12(10)17/h2-7H,8,18H2,1H3,(H,19,20). The van der Waals surface area contributed by atoms with E-state index in [1.165, 1.54) is 12.1 Å². The maximum absolute atomic E-state index is 13.6. The molecular formula is C15H14ClFN2O. The van der Waals surface area contributed by atoms with Crippen LogP contribution in [0.5, 0.6) is 0 Å². The van der Waals surface area contributed by atoms with Gasteiger partial charge in [0.25, 0.3) is 0 Å².